The molecule has 1 aromatic carbocycles. The normalized spacial score (nSPS) is 10.5. The molecule has 0 bridgehead atoms. The number of aromatic nitrogens is 1. The molecule has 0 aliphatic heterocycles. The lowest BCUT2D eigenvalue weighted by Crippen LogP contribution is -1.99. The van der Waals surface area contributed by atoms with Crippen molar-refractivity contribution in [3.8, 4) is 11.6 Å². The van der Waals surface area contributed by atoms with Crippen LogP contribution in [0, 0.1) is 27.7 Å². The van der Waals surface area contributed by atoms with Crippen LogP contribution < -0.4 is 4.74 Å². The van der Waals surface area contributed by atoms with Gasteiger partial charge in [-0.25, -0.2) is 8.78 Å². The van der Waals surface area contributed by atoms with Crippen molar-refractivity contribution < 1.29 is 22.8 Å². The molecule has 0 aliphatic carbocycles. The van der Waals surface area contributed by atoms with Crippen molar-refractivity contribution in [2.45, 2.75) is 0 Å². The third-order valence-corrected chi connectivity index (χ3v) is 3.43. The lowest BCUT2D eigenvalue weighted by molar-refractivity contribution is -0.385. The predicted molar refractivity (Wildman–Crippen MR) is 72.7 cm³/mol. The van der Waals surface area contributed by atoms with Gasteiger partial charge in [-0.3, -0.25) is 10.1 Å². The Hall–Kier alpha value is -1.68. The Morgan fingerprint density at radius 3 is 2.19 bits per heavy atom. The van der Waals surface area contributed by atoms with Gasteiger partial charge in [0.05, 0.1) is 13.9 Å². The van der Waals surface area contributed by atoms with Crippen molar-refractivity contribution in [2.24, 2.45) is 0 Å². The fraction of sp³-hybridized carbons (Fsp3) is 0. The number of nitrogens with zero attached hydrogens (tertiary/aromatic N) is 2. The van der Waals surface area contributed by atoms with Crippen LogP contribution in [0.2, 0.25) is 0 Å². The minimum absolute atomic E-state index is 0.0713. The summed E-state index contributed by atoms with van der Waals surface area (Å²) in [6.07, 6.45) is 0. The van der Waals surface area contributed by atoms with Crippen molar-refractivity contribution in [1.29, 1.82) is 0 Å². The van der Waals surface area contributed by atoms with Gasteiger partial charge in [-0.05, 0) is 31.9 Å². The Balaban J connectivity index is 2.45. The highest BCUT2D eigenvalue weighted by atomic mass is 79.9. The summed E-state index contributed by atoms with van der Waals surface area (Å²) in [4.78, 5) is 13.0. The maximum atomic E-state index is 13.5. The maximum Gasteiger partial charge on any atom is 0.271 e. The van der Waals surface area contributed by atoms with Crippen LogP contribution in [0.1, 0.15) is 0 Å². The lowest BCUT2D eigenvalue weighted by Gasteiger charge is -2.09. The van der Waals surface area contributed by atoms with E-state index in [-0.39, 0.29) is 26.4 Å². The number of benzene rings is 1. The van der Waals surface area contributed by atoms with Crippen LogP contribution in [0.15, 0.2) is 27.1 Å². The van der Waals surface area contributed by atoms with Gasteiger partial charge in [-0.15, -0.1) is 0 Å². The summed E-state index contributed by atoms with van der Waals surface area (Å²) < 4.78 is 44.5. The second kappa shape index (κ2) is 5.98. The van der Waals surface area contributed by atoms with Gasteiger partial charge in [0.1, 0.15) is 0 Å². The Morgan fingerprint density at radius 2 is 1.67 bits per heavy atom. The Morgan fingerprint density at radius 1 is 1.10 bits per heavy atom. The standard InChI is InChI=1S/C11H3Br2F3N2O3/c12-5-1-4(18(19)20)2-6(13)9(5)21-11-8(15)3-7(14)10(16)17-11/h1-3H. The minimum atomic E-state index is -1.53. The van der Waals surface area contributed by atoms with E-state index in [1.807, 2.05) is 0 Å². The maximum absolute atomic E-state index is 13.5. The van der Waals surface area contributed by atoms with Gasteiger partial charge in [0, 0.05) is 18.2 Å². The Kier molecular flexibility index (Phi) is 4.47. The molecule has 0 atom stereocenters. The van der Waals surface area contributed by atoms with E-state index in [4.69, 9.17) is 4.74 Å². The first-order chi connectivity index (χ1) is 9.79. The van der Waals surface area contributed by atoms with E-state index in [2.05, 4.69) is 36.8 Å². The number of halogens is 5. The molecule has 2 aromatic rings. The zero-order valence-corrected chi connectivity index (χ0v) is 12.9. The van der Waals surface area contributed by atoms with Gasteiger partial charge in [0.15, 0.2) is 17.4 Å². The van der Waals surface area contributed by atoms with Gasteiger partial charge in [0.25, 0.3) is 17.5 Å². The van der Waals surface area contributed by atoms with E-state index in [0.717, 1.165) is 12.1 Å². The van der Waals surface area contributed by atoms with Crippen LogP contribution in [0.3, 0.4) is 0 Å². The molecule has 0 saturated heterocycles. The molecule has 0 aliphatic rings. The number of pyridine rings is 1. The molecule has 110 valence electrons. The summed E-state index contributed by atoms with van der Waals surface area (Å²) in [6.45, 7) is 0. The minimum Gasteiger partial charge on any atom is -0.434 e. The van der Waals surface area contributed by atoms with Gasteiger partial charge in [-0.1, -0.05) is 0 Å². The number of nitro benzene ring substituents is 1. The smallest absolute Gasteiger partial charge is 0.271 e. The first kappa shape index (κ1) is 15.7. The summed E-state index contributed by atoms with van der Waals surface area (Å²) >= 11 is 6.01. The van der Waals surface area contributed by atoms with Crippen LogP contribution in [-0.2, 0) is 0 Å². The topological polar surface area (TPSA) is 65.3 Å². The second-order valence-electron chi connectivity index (χ2n) is 3.65. The summed E-state index contributed by atoms with van der Waals surface area (Å²) in [7, 11) is 0. The fourth-order valence-electron chi connectivity index (χ4n) is 1.35. The average molecular weight is 428 g/mol. The lowest BCUT2D eigenvalue weighted by atomic mass is 10.3. The van der Waals surface area contributed by atoms with E-state index >= 15 is 0 Å². The first-order valence-corrected chi connectivity index (χ1v) is 6.71. The van der Waals surface area contributed by atoms with Crippen LogP contribution in [0.5, 0.6) is 11.6 Å². The van der Waals surface area contributed by atoms with Gasteiger partial charge < -0.3 is 4.74 Å². The third kappa shape index (κ3) is 3.32. The Labute approximate surface area is 132 Å². The van der Waals surface area contributed by atoms with Gasteiger partial charge >= 0.3 is 0 Å². The van der Waals surface area contributed by atoms with Gasteiger partial charge in [-0.2, -0.15) is 9.37 Å². The molecule has 1 aromatic heterocycles. The molecular formula is C11H3Br2F3N2O3. The number of ether oxygens (including phenoxy) is 1. The van der Waals surface area contributed by atoms with E-state index in [1.54, 1.807) is 0 Å². The van der Waals surface area contributed by atoms with E-state index in [0.29, 0.717) is 0 Å². The van der Waals surface area contributed by atoms with Crippen molar-refractivity contribution in [2.75, 3.05) is 0 Å². The highest BCUT2D eigenvalue weighted by Crippen LogP contribution is 2.39. The SMILES string of the molecule is O=[N+]([O-])c1cc(Br)c(Oc2nc(F)c(F)cc2F)c(Br)c1. The van der Waals surface area contributed by atoms with Crippen molar-refractivity contribution >= 4 is 37.5 Å². The first-order valence-electron chi connectivity index (χ1n) is 5.12. The average Bonchev–Trinajstić information content (AvgIpc) is 2.39. The van der Waals surface area contributed by atoms with Crippen molar-refractivity contribution in [1.82, 2.24) is 4.98 Å². The monoisotopic (exact) mass is 426 g/mol. The highest BCUT2D eigenvalue weighted by Gasteiger charge is 2.19. The number of rotatable bonds is 3. The molecule has 1 heterocycles. The number of non-ortho nitro benzene ring substituents is 1. The van der Waals surface area contributed by atoms with E-state index in [9.17, 15) is 23.3 Å². The number of hydrogen-bond acceptors (Lipinski definition) is 4. The van der Waals surface area contributed by atoms with E-state index in [1.165, 1.54) is 0 Å². The quantitative estimate of drug-likeness (QED) is 0.403. The summed E-state index contributed by atoms with van der Waals surface area (Å²) in [5.74, 6) is -5.07. The Bertz CT molecular complexity index is 720. The molecule has 10 heteroatoms. The summed E-state index contributed by atoms with van der Waals surface area (Å²) in [6, 6.07) is 2.50. The fourth-order valence-corrected chi connectivity index (χ4v) is 2.67. The van der Waals surface area contributed by atoms with Crippen molar-refractivity contribution in [3.63, 3.8) is 0 Å². The molecule has 5 nitrogen and oxygen atoms in total. The summed E-state index contributed by atoms with van der Waals surface area (Å²) in [5, 5.41) is 10.7. The third-order valence-electron chi connectivity index (χ3n) is 2.25. The molecule has 0 unspecified atom stereocenters. The highest BCUT2D eigenvalue weighted by molar-refractivity contribution is 9.11. The molecule has 2 rings (SSSR count). The molecule has 0 amide bonds. The molecule has 0 N–H and O–H groups in total. The number of nitro groups is 1. The second-order valence-corrected chi connectivity index (χ2v) is 5.35. The molecule has 0 spiro atoms. The summed E-state index contributed by atoms with van der Waals surface area (Å²) in [5.41, 5.74) is -0.250. The van der Waals surface area contributed by atoms with Gasteiger partial charge in [0.2, 0.25) is 0 Å². The van der Waals surface area contributed by atoms with Crippen LogP contribution >= 0.6 is 31.9 Å². The van der Waals surface area contributed by atoms with Crippen LogP contribution in [0.4, 0.5) is 18.9 Å². The number of hydrogen-bond donors (Lipinski definition) is 0. The predicted octanol–water partition coefficient (Wildman–Crippen LogP) is 4.72. The largest absolute Gasteiger partial charge is 0.434 e. The zero-order chi connectivity index (χ0) is 15.7. The molecule has 21 heavy (non-hydrogen) atoms. The molecule has 0 saturated carbocycles. The zero-order valence-electron chi connectivity index (χ0n) is 9.74. The van der Waals surface area contributed by atoms with Crippen LogP contribution in [-0.4, -0.2) is 9.91 Å². The molecular weight excluding hydrogens is 425 g/mol. The molecule has 0 fully saturated rings. The van der Waals surface area contributed by atoms with Crippen LogP contribution in [0.25, 0.3) is 0 Å². The van der Waals surface area contributed by atoms with Crippen molar-refractivity contribution in [3.05, 3.63) is 54.8 Å². The van der Waals surface area contributed by atoms with E-state index < -0.39 is 28.4 Å². The molecule has 0 radical (unpaired) electrons.